The maximum absolute atomic E-state index is 13.3. The smallest absolute Gasteiger partial charge is 0.258 e. The van der Waals surface area contributed by atoms with Gasteiger partial charge in [-0.2, -0.15) is 0 Å². The molecule has 5 rings (SSSR count). The van der Waals surface area contributed by atoms with Crippen molar-refractivity contribution in [1.82, 2.24) is 9.97 Å². The van der Waals surface area contributed by atoms with E-state index in [1.165, 1.54) is 9.80 Å². The lowest BCUT2D eigenvalue weighted by molar-refractivity contribution is 0.0992. The molecule has 7 heteroatoms. The molecule has 192 valence electrons. The Labute approximate surface area is 232 Å². The number of carbonyl (C=O) groups excluding carboxylic acids is 2. The molecule has 2 heterocycles. The fourth-order valence-electron chi connectivity index (χ4n) is 4.19. The molecule has 2 aromatic heterocycles. The Hall–Kier alpha value is -4.81. The molecule has 0 N–H and O–H groups in total. The lowest BCUT2D eigenvalue weighted by Crippen LogP contribution is -2.28. The minimum absolute atomic E-state index is 0.293. The van der Waals surface area contributed by atoms with Crippen LogP contribution in [0.25, 0.3) is 22.5 Å². The number of amides is 2. The highest BCUT2D eigenvalue weighted by Gasteiger charge is 2.20. The summed E-state index contributed by atoms with van der Waals surface area (Å²) in [7, 11) is 3.33. The van der Waals surface area contributed by atoms with E-state index in [0.29, 0.717) is 27.5 Å². The van der Waals surface area contributed by atoms with E-state index in [0.717, 1.165) is 22.5 Å². The fraction of sp³-hybridized carbons (Fsp3) is 0.0625. The molecule has 0 radical (unpaired) electrons. The number of anilines is 2. The topological polar surface area (TPSA) is 66.4 Å². The van der Waals surface area contributed by atoms with Crippen molar-refractivity contribution in [3.05, 3.63) is 132 Å². The number of nitrogens with zero attached hydrogens (tertiary/aromatic N) is 4. The van der Waals surface area contributed by atoms with E-state index in [1.54, 1.807) is 44.7 Å². The van der Waals surface area contributed by atoms with E-state index in [-0.39, 0.29) is 11.8 Å². The molecular formula is C32H25ClN4O2. The van der Waals surface area contributed by atoms with Crippen LogP contribution in [-0.4, -0.2) is 35.9 Å². The van der Waals surface area contributed by atoms with E-state index in [1.807, 2.05) is 84.9 Å². The Morgan fingerprint density at radius 2 is 1.00 bits per heavy atom. The van der Waals surface area contributed by atoms with E-state index >= 15 is 0 Å². The van der Waals surface area contributed by atoms with Crippen LogP contribution >= 0.6 is 11.6 Å². The molecule has 0 saturated carbocycles. The molecule has 0 atom stereocenters. The first-order valence-electron chi connectivity index (χ1n) is 12.3. The second-order valence-electron chi connectivity index (χ2n) is 8.99. The summed E-state index contributed by atoms with van der Waals surface area (Å²) in [5.74, 6) is -0.616. The van der Waals surface area contributed by atoms with Gasteiger partial charge >= 0.3 is 0 Å². The maximum Gasteiger partial charge on any atom is 0.258 e. The standard InChI is InChI=1S/C32H25ClN4O2/c1-36(27-13-15-29(34-20-27)22-9-5-3-6-10-22)31(38)24-17-25(19-26(33)18-24)32(39)37(2)28-14-16-30(35-21-28)23-11-7-4-8-12-23/h3-21H,1-2H3. The summed E-state index contributed by atoms with van der Waals surface area (Å²) in [6.45, 7) is 0. The number of hydrogen-bond donors (Lipinski definition) is 0. The van der Waals surface area contributed by atoms with E-state index < -0.39 is 0 Å². The summed E-state index contributed by atoms with van der Waals surface area (Å²) in [4.78, 5) is 38.7. The molecule has 0 spiro atoms. The number of aromatic nitrogens is 2. The van der Waals surface area contributed by atoms with Crippen LogP contribution in [-0.2, 0) is 0 Å². The van der Waals surface area contributed by atoms with Gasteiger partial charge < -0.3 is 9.80 Å². The van der Waals surface area contributed by atoms with Crippen molar-refractivity contribution in [2.24, 2.45) is 0 Å². The highest BCUT2D eigenvalue weighted by Crippen LogP contribution is 2.25. The molecule has 39 heavy (non-hydrogen) atoms. The fourth-order valence-corrected chi connectivity index (χ4v) is 4.42. The number of halogens is 1. The van der Waals surface area contributed by atoms with Crippen molar-refractivity contribution in [3.8, 4) is 22.5 Å². The van der Waals surface area contributed by atoms with Crippen molar-refractivity contribution in [1.29, 1.82) is 0 Å². The predicted molar refractivity (Wildman–Crippen MR) is 156 cm³/mol. The molecule has 5 aromatic rings. The van der Waals surface area contributed by atoms with Crippen LogP contribution in [0, 0.1) is 0 Å². The number of pyridine rings is 2. The predicted octanol–water partition coefficient (Wildman–Crippen LogP) is 7.02. The molecule has 0 aliphatic carbocycles. The quantitative estimate of drug-likeness (QED) is 0.236. The maximum atomic E-state index is 13.3. The molecular weight excluding hydrogens is 508 g/mol. The number of hydrogen-bond acceptors (Lipinski definition) is 4. The molecule has 0 saturated heterocycles. The average molecular weight is 533 g/mol. The van der Waals surface area contributed by atoms with Crippen LogP contribution in [0.1, 0.15) is 20.7 Å². The van der Waals surface area contributed by atoms with E-state index in [4.69, 9.17) is 11.6 Å². The number of benzene rings is 3. The minimum atomic E-state index is -0.308. The monoisotopic (exact) mass is 532 g/mol. The summed E-state index contributed by atoms with van der Waals surface area (Å²) >= 11 is 6.35. The second kappa shape index (κ2) is 11.3. The third-order valence-electron chi connectivity index (χ3n) is 6.41. The summed E-state index contributed by atoms with van der Waals surface area (Å²) in [5, 5.41) is 0.293. The third kappa shape index (κ3) is 5.71. The molecule has 0 bridgehead atoms. The van der Waals surface area contributed by atoms with E-state index in [9.17, 15) is 9.59 Å². The van der Waals surface area contributed by atoms with Gasteiger partial charge in [0.05, 0.1) is 35.2 Å². The van der Waals surface area contributed by atoms with Crippen molar-refractivity contribution in [3.63, 3.8) is 0 Å². The van der Waals surface area contributed by atoms with Gasteiger partial charge in [-0.1, -0.05) is 72.3 Å². The van der Waals surface area contributed by atoms with Gasteiger partial charge in [-0.05, 0) is 42.5 Å². The van der Waals surface area contributed by atoms with Gasteiger partial charge in [-0.25, -0.2) is 0 Å². The van der Waals surface area contributed by atoms with Crippen molar-refractivity contribution < 1.29 is 9.59 Å². The lowest BCUT2D eigenvalue weighted by atomic mass is 10.1. The normalized spacial score (nSPS) is 10.6. The lowest BCUT2D eigenvalue weighted by Gasteiger charge is -2.20. The first-order chi connectivity index (χ1) is 18.9. The minimum Gasteiger partial charge on any atom is -0.310 e. The number of rotatable bonds is 6. The zero-order valence-electron chi connectivity index (χ0n) is 21.5. The van der Waals surface area contributed by atoms with Crippen molar-refractivity contribution >= 4 is 34.8 Å². The highest BCUT2D eigenvalue weighted by molar-refractivity contribution is 6.31. The Kier molecular flexibility index (Phi) is 7.48. The highest BCUT2D eigenvalue weighted by atomic mass is 35.5. The van der Waals surface area contributed by atoms with Gasteiger partial charge in [0.2, 0.25) is 0 Å². The summed E-state index contributed by atoms with van der Waals surface area (Å²) in [6, 6.07) is 31.7. The molecule has 2 amide bonds. The van der Waals surface area contributed by atoms with Crippen LogP contribution in [0.3, 0.4) is 0 Å². The van der Waals surface area contributed by atoms with Gasteiger partial charge in [0.1, 0.15) is 0 Å². The molecule has 0 fully saturated rings. The van der Waals surface area contributed by atoms with Gasteiger partial charge in [0.15, 0.2) is 0 Å². The first-order valence-corrected chi connectivity index (χ1v) is 12.7. The van der Waals surface area contributed by atoms with Crippen LogP contribution in [0.4, 0.5) is 11.4 Å². The van der Waals surface area contributed by atoms with Crippen LogP contribution in [0.15, 0.2) is 116 Å². The van der Waals surface area contributed by atoms with Crippen molar-refractivity contribution in [2.75, 3.05) is 23.9 Å². The van der Waals surface area contributed by atoms with Crippen LogP contribution in [0.5, 0.6) is 0 Å². The second-order valence-corrected chi connectivity index (χ2v) is 9.43. The van der Waals surface area contributed by atoms with Gasteiger partial charge in [0, 0.05) is 41.4 Å². The Balaban J connectivity index is 1.34. The van der Waals surface area contributed by atoms with Crippen LogP contribution < -0.4 is 9.80 Å². The first kappa shape index (κ1) is 25.8. The Morgan fingerprint density at radius 3 is 1.36 bits per heavy atom. The molecule has 0 unspecified atom stereocenters. The summed E-state index contributed by atoms with van der Waals surface area (Å²) in [6.07, 6.45) is 3.30. The summed E-state index contributed by atoms with van der Waals surface area (Å²) in [5.41, 5.74) is 5.44. The molecule has 0 aliphatic heterocycles. The average Bonchev–Trinajstić information content (AvgIpc) is 3.00. The van der Waals surface area contributed by atoms with Gasteiger partial charge in [-0.15, -0.1) is 0 Å². The number of carbonyl (C=O) groups is 2. The Morgan fingerprint density at radius 1 is 0.590 bits per heavy atom. The molecule has 3 aromatic carbocycles. The largest absolute Gasteiger partial charge is 0.310 e. The zero-order chi connectivity index (χ0) is 27.4. The van der Waals surface area contributed by atoms with Crippen LogP contribution in [0.2, 0.25) is 5.02 Å². The SMILES string of the molecule is CN(C(=O)c1cc(Cl)cc(C(=O)N(C)c2ccc(-c3ccccc3)nc2)c1)c1ccc(-c2ccccc2)nc1. The van der Waals surface area contributed by atoms with Crippen molar-refractivity contribution in [2.45, 2.75) is 0 Å². The van der Waals surface area contributed by atoms with Gasteiger partial charge in [-0.3, -0.25) is 19.6 Å². The molecule has 6 nitrogen and oxygen atoms in total. The van der Waals surface area contributed by atoms with Gasteiger partial charge in [0.25, 0.3) is 11.8 Å². The Bertz CT molecular complexity index is 1490. The third-order valence-corrected chi connectivity index (χ3v) is 6.63. The summed E-state index contributed by atoms with van der Waals surface area (Å²) < 4.78 is 0. The van der Waals surface area contributed by atoms with E-state index in [2.05, 4.69) is 9.97 Å². The molecule has 0 aliphatic rings. The zero-order valence-corrected chi connectivity index (χ0v) is 22.2.